The standard InChI is InChI=1S/C31H38N2O6/c1-31(2,3)39-30(36)32-24-14-10-9-13-22(24)28-27(20-11-7-6-8-12-20)23-16-15-21(29(35)38-5)19-25(23)33(28)18-17-26(34)37-4/h9-10,13-16,19-20H,6-8,11-12,17-18H2,1-5H3,(H,32,36). The molecule has 1 aliphatic carbocycles. The summed E-state index contributed by atoms with van der Waals surface area (Å²) in [7, 11) is 2.74. The fourth-order valence-electron chi connectivity index (χ4n) is 5.47. The zero-order chi connectivity index (χ0) is 28.2. The molecule has 1 aliphatic rings. The van der Waals surface area contributed by atoms with Crippen LogP contribution < -0.4 is 5.32 Å². The van der Waals surface area contributed by atoms with Crippen molar-refractivity contribution >= 4 is 34.6 Å². The second-order valence-corrected chi connectivity index (χ2v) is 11.0. The van der Waals surface area contributed by atoms with E-state index in [9.17, 15) is 14.4 Å². The monoisotopic (exact) mass is 534 g/mol. The van der Waals surface area contributed by atoms with E-state index in [2.05, 4.69) is 9.88 Å². The lowest BCUT2D eigenvalue weighted by Crippen LogP contribution is -2.27. The van der Waals surface area contributed by atoms with E-state index < -0.39 is 17.7 Å². The lowest BCUT2D eigenvalue weighted by Gasteiger charge is -2.25. The van der Waals surface area contributed by atoms with E-state index >= 15 is 0 Å². The van der Waals surface area contributed by atoms with Gasteiger partial charge >= 0.3 is 18.0 Å². The number of anilines is 1. The first-order chi connectivity index (χ1) is 18.6. The summed E-state index contributed by atoms with van der Waals surface area (Å²) >= 11 is 0. The molecule has 2 aromatic carbocycles. The molecule has 1 amide bonds. The summed E-state index contributed by atoms with van der Waals surface area (Å²) in [5.41, 5.74) is 4.15. The van der Waals surface area contributed by atoms with Gasteiger partial charge < -0.3 is 18.8 Å². The SMILES string of the molecule is COC(=O)CCn1c(-c2ccccc2NC(=O)OC(C)(C)C)c(C2CCCCC2)c2ccc(C(=O)OC)cc21. The number of rotatable bonds is 7. The number of para-hydroxylation sites is 1. The van der Waals surface area contributed by atoms with Crippen LogP contribution in [-0.4, -0.2) is 42.4 Å². The van der Waals surface area contributed by atoms with Gasteiger partial charge in [-0.1, -0.05) is 43.5 Å². The maximum absolute atomic E-state index is 12.8. The number of carbonyl (C=O) groups is 3. The third-order valence-corrected chi connectivity index (χ3v) is 7.12. The second-order valence-electron chi connectivity index (χ2n) is 11.0. The first kappa shape index (κ1) is 28.2. The number of aryl methyl sites for hydroxylation is 1. The average Bonchev–Trinajstić information content (AvgIpc) is 3.24. The Balaban J connectivity index is 1.97. The van der Waals surface area contributed by atoms with Crippen molar-refractivity contribution in [1.82, 2.24) is 4.57 Å². The molecule has 1 heterocycles. The first-order valence-corrected chi connectivity index (χ1v) is 13.5. The van der Waals surface area contributed by atoms with E-state index in [4.69, 9.17) is 14.2 Å². The largest absolute Gasteiger partial charge is 0.469 e. The van der Waals surface area contributed by atoms with Crippen molar-refractivity contribution in [3.8, 4) is 11.3 Å². The molecule has 0 radical (unpaired) electrons. The topological polar surface area (TPSA) is 95.9 Å². The Kier molecular flexibility index (Phi) is 8.63. The molecule has 0 spiro atoms. The van der Waals surface area contributed by atoms with Gasteiger partial charge in [-0.25, -0.2) is 9.59 Å². The van der Waals surface area contributed by atoms with Gasteiger partial charge in [0.1, 0.15) is 5.60 Å². The van der Waals surface area contributed by atoms with Crippen LogP contribution in [0.1, 0.15) is 81.1 Å². The number of amides is 1. The second kappa shape index (κ2) is 11.9. The molecule has 0 unspecified atom stereocenters. The van der Waals surface area contributed by atoms with Gasteiger partial charge in [0.15, 0.2) is 0 Å². The Morgan fingerprint density at radius 2 is 1.69 bits per heavy atom. The number of nitrogens with one attached hydrogen (secondary N) is 1. The summed E-state index contributed by atoms with van der Waals surface area (Å²) in [6.07, 6.45) is 5.18. The number of fused-ring (bicyclic) bond motifs is 1. The van der Waals surface area contributed by atoms with Crippen molar-refractivity contribution in [2.24, 2.45) is 0 Å². The summed E-state index contributed by atoms with van der Waals surface area (Å²) in [6, 6.07) is 13.2. The predicted octanol–water partition coefficient (Wildman–Crippen LogP) is 7.05. The molecule has 0 atom stereocenters. The van der Waals surface area contributed by atoms with Gasteiger partial charge in [0.25, 0.3) is 0 Å². The number of ether oxygens (including phenoxy) is 3. The highest BCUT2D eigenvalue weighted by atomic mass is 16.6. The summed E-state index contributed by atoms with van der Waals surface area (Å²) < 4.78 is 17.6. The minimum Gasteiger partial charge on any atom is -0.469 e. The molecule has 1 saturated carbocycles. The maximum atomic E-state index is 12.8. The fraction of sp³-hybridized carbons (Fsp3) is 0.452. The Hall–Kier alpha value is -3.81. The molecular formula is C31H38N2O6. The molecule has 4 rings (SSSR count). The minimum absolute atomic E-state index is 0.154. The van der Waals surface area contributed by atoms with Gasteiger partial charge in [-0.05, 0) is 63.3 Å². The molecule has 8 nitrogen and oxygen atoms in total. The molecule has 0 aliphatic heterocycles. The van der Waals surface area contributed by atoms with Crippen LogP contribution in [0.3, 0.4) is 0 Å². The number of methoxy groups -OCH3 is 2. The van der Waals surface area contributed by atoms with E-state index in [-0.39, 0.29) is 12.4 Å². The number of aromatic nitrogens is 1. The van der Waals surface area contributed by atoms with Gasteiger partial charge in [0.05, 0.1) is 37.6 Å². The van der Waals surface area contributed by atoms with Crippen LogP contribution in [0.5, 0.6) is 0 Å². The van der Waals surface area contributed by atoms with Crippen LogP contribution in [0, 0.1) is 0 Å². The molecule has 39 heavy (non-hydrogen) atoms. The third kappa shape index (κ3) is 6.44. The summed E-state index contributed by atoms with van der Waals surface area (Å²) in [5, 5.41) is 3.97. The van der Waals surface area contributed by atoms with Crippen molar-refractivity contribution in [3.63, 3.8) is 0 Å². The molecule has 0 saturated heterocycles. The lowest BCUT2D eigenvalue weighted by atomic mass is 9.81. The van der Waals surface area contributed by atoms with Crippen molar-refractivity contribution in [3.05, 3.63) is 53.6 Å². The molecule has 0 bridgehead atoms. The highest BCUT2D eigenvalue weighted by molar-refractivity contribution is 6.01. The van der Waals surface area contributed by atoms with Gasteiger partial charge in [-0.15, -0.1) is 0 Å². The molecule has 8 heteroatoms. The van der Waals surface area contributed by atoms with E-state index in [1.54, 1.807) is 6.07 Å². The Morgan fingerprint density at radius 3 is 2.36 bits per heavy atom. The van der Waals surface area contributed by atoms with Crippen molar-refractivity contribution in [1.29, 1.82) is 0 Å². The van der Waals surface area contributed by atoms with E-state index in [0.29, 0.717) is 23.7 Å². The van der Waals surface area contributed by atoms with E-state index in [1.165, 1.54) is 26.2 Å². The van der Waals surface area contributed by atoms with Crippen LogP contribution in [0.2, 0.25) is 0 Å². The number of carbonyl (C=O) groups excluding carboxylic acids is 3. The number of hydrogen-bond acceptors (Lipinski definition) is 6. The molecule has 1 N–H and O–H groups in total. The van der Waals surface area contributed by atoms with Crippen molar-refractivity contribution in [2.45, 2.75) is 77.4 Å². The number of benzene rings is 2. The zero-order valence-corrected chi connectivity index (χ0v) is 23.5. The molecule has 208 valence electrons. The summed E-state index contributed by atoms with van der Waals surface area (Å²) in [5.74, 6) is -0.453. The fourth-order valence-corrected chi connectivity index (χ4v) is 5.47. The highest BCUT2D eigenvalue weighted by Gasteiger charge is 2.29. The smallest absolute Gasteiger partial charge is 0.412 e. The quantitative estimate of drug-likeness (QED) is 0.258. The average molecular weight is 535 g/mol. The van der Waals surface area contributed by atoms with E-state index in [1.807, 2.05) is 57.2 Å². The normalized spacial score (nSPS) is 14.2. The summed E-state index contributed by atoms with van der Waals surface area (Å²) in [6.45, 7) is 5.81. The number of esters is 2. The zero-order valence-electron chi connectivity index (χ0n) is 23.5. The Morgan fingerprint density at radius 1 is 0.974 bits per heavy atom. The van der Waals surface area contributed by atoms with Crippen molar-refractivity contribution < 1.29 is 28.6 Å². The highest BCUT2D eigenvalue weighted by Crippen LogP contribution is 2.46. The maximum Gasteiger partial charge on any atom is 0.412 e. The Labute approximate surface area is 229 Å². The molecule has 1 aromatic heterocycles. The van der Waals surface area contributed by atoms with Gasteiger partial charge in [0.2, 0.25) is 0 Å². The number of hydrogen-bond donors (Lipinski definition) is 1. The van der Waals surface area contributed by atoms with E-state index in [0.717, 1.165) is 47.8 Å². The Bertz CT molecular complexity index is 1360. The molecule has 1 fully saturated rings. The number of nitrogens with zero attached hydrogens (tertiary/aromatic N) is 1. The van der Waals surface area contributed by atoms with Gasteiger partial charge in [0, 0.05) is 23.0 Å². The lowest BCUT2D eigenvalue weighted by molar-refractivity contribution is -0.140. The van der Waals surface area contributed by atoms with Gasteiger partial charge in [-0.3, -0.25) is 10.1 Å². The van der Waals surface area contributed by atoms with Crippen LogP contribution >= 0.6 is 0 Å². The summed E-state index contributed by atoms with van der Waals surface area (Å²) in [4.78, 5) is 37.5. The van der Waals surface area contributed by atoms with Crippen LogP contribution in [0.4, 0.5) is 10.5 Å². The minimum atomic E-state index is -0.647. The predicted molar refractivity (Wildman–Crippen MR) is 151 cm³/mol. The third-order valence-electron chi connectivity index (χ3n) is 7.12. The molecule has 3 aromatic rings. The van der Waals surface area contributed by atoms with Crippen molar-refractivity contribution in [2.75, 3.05) is 19.5 Å². The molecular weight excluding hydrogens is 496 g/mol. The van der Waals surface area contributed by atoms with Gasteiger partial charge in [-0.2, -0.15) is 0 Å². The van der Waals surface area contributed by atoms with Crippen LogP contribution in [0.15, 0.2) is 42.5 Å². The first-order valence-electron chi connectivity index (χ1n) is 13.5. The van der Waals surface area contributed by atoms with Crippen LogP contribution in [0.25, 0.3) is 22.2 Å². The van der Waals surface area contributed by atoms with Crippen LogP contribution in [-0.2, 0) is 25.5 Å².